The van der Waals surface area contributed by atoms with E-state index in [-0.39, 0.29) is 15.7 Å². The van der Waals surface area contributed by atoms with Crippen LogP contribution >= 0.6 is 11.8 Å². The summed E-state index contributed by atoms with van der Waals surface area (Å²) in [7, 11) is -2.85. The van der Waals surface area contributed by atoms with Gasteiger partial charge in [-0.05, 0) is 27.2 Å². The van der Waals surface area contributed by atoms with Crippen molar-refractivity contribution < 1.29 is 8.42 Å². The second kappa shape index (κ2) is 2.89. The van der Waals surface area contributed by atoms with Gasteiger partial charge in [-0.25, -0.2) is 8.42 Å². The predicted octanol–water partition coefficient (Wildman–Crippen LogP) is 1.00. The second-order valence-electron chi connectivity index (χ2n) is 4.95. The van der Waals surface area contributed by atoms with E-state index in [4.69, 9.17) is 0 Å². The molecular weight excluding hydrogens is 218 g/mol. The van der Waals surface area contributed by atoms with Gasteiger partial charge in [0.2, 0.25) is 0 Å². The Kier molecular flexibility index (Phi) is 2.22. The van der Waals surface area contributed by atoms with Gasteiger partial charge in [0.05, 0.1) is 15.9 Å². The van der Waals surface area contributed by atoms with Crippen LogP contribution < -0.4 is 5.32 Å². The van der Waals surface area contributed by atoms with Crippen molar-refractivity contribution in [2.45, 2.75) is 42.9 Å². The van der Waals surface area contributed by atoms with E-state index in [1.54, 1.807) is 11.8 Å². The lowest BCUT2D eigenvalue weighted by atomic mass is 10.0. The number of thioether (sulfide) groups is 1. The van der Waals surface area contributed by atoms with Crippen LogP contribution in [0.3, 0.4) is 0 Å². The SMILES string of the molecule is CC1C2(CCS1(=O)=O)NC(C)(C)CS2. The summed E-state index contributed by atoms with van der Waals surface area (Å²) in [6.07, 6.45) is 0.755. The van der Waals surface area contributed by atoms with Crippen molar-refractivity contribution in [1.82, 2.24) is 5.32 Å². The van der Waals surface area contributed by atoms with Crippen LogP contribution in [0.15, 0.2) is 0 Å². The second-order valence-corrected chi connectivity index (χ2v) is 8.69. The van der Waals surface area contributed by atoms with Crippen LogP contribution in [-0.2, 0) is 9.84 Å². The van der Waals surface area contributed by atoms with Crippen molar-refractivity contribution in [3.8, 4) is 0 Å². The first-order chi connectivity index (χ1) is 6.28. The maximum atomic E-state index is 11.7. The van der Waals surface area contributed by atoms with Gasteiger partial charge in [-0.3, -0.25) is 5.32 Å². The summed E-state index contributed by atoms with van der Waals surface area (Å²) in [5.74, 6) is 1.33. The molecule has 1 N–H and O–H groups in total. The van der Waals surface area contributed by atoms with Crippen LogP contribution in [0, 0.1) is 0 Å². The molecule has 2 unspecified atom stereocenters. The molecule has 0 aromatic carbocycles. The summed E-state index contributed by atoms with van der Waals surface area (Å²) >= 11 is 1.78. The fourth-order valence-corrected chi connectivity index (χ4v) is 6.28. The van der Waals surface area contributed by atoms with Crippen molar-refractivity contribution in [1.29, 1.82) is 0 Å². The largest absolute Gasteiger partial charge is 0.296 e. The van der Waals surface area contributed by atoms with E-state index in [2.05, 4.69) is 19.2 Å². The highest BCUT2D eigenvalue weighted by atomic mass is 32.2. The first kappa shape index (κ1) is 10.8. The highest BCUT2D eigenvalue weighted by Gasteiger charge is 2.55. The Morgan fingerprint density at radius 2 is 2.07 bits per heavy atom. The molecule has 5 heteroatoms. The molecule has 2 aliphatic rings. The van der Waals surface area contributed by atoms with E-state index in [1.807, 2.05) is 6.92 Å². The molecule has 2 aliphatic heterocycles. The highest BCUT2D eigenvalue weighted by molar-refractivity contribution is 8.03. The summed E-state index contributed by atoms with van der Waals surface area (Å²) in [4.78, 5) is -0.206. The van der Waals surface area contributed by atoms with Crippen molar-refractivity contribution in [2.24, 2.45) is 0 Å². The predicted molar refractivity (Wildman–Crippen MR) is 60.3 cm³/mol. The van der Waals surface area contributed by atoms with E-state index in [0.717, 1.165) is 12.2 Å². The number of rotatable bonds is 0. The van der Waals surface area contributed by atoms with Gasteiger partial charge in [-0.15, -0.1) is 11.8 Å². The summed E-state index contributed by atoms with van der Waals surface area (Å²) in [6.45, 7) is 6.10. The van der Waals surface area contributed by atoms with E-state index in [0.29, 0.717) is 5.75 Å². The Morgan fingerprint density at radius 3 is 2.43 bits per heavy atom. The number of nitrogens with one attached hydrogen (secondary N) is 1. The molecule has 2 heterocycles. The molecular formula is C9H17NO2S2. The molecule has 0 saturated carbocycles. The average Bonchev–Trinajstić information content (AvgIpc) is 2.47. The Bertz CT molecular complexity index is 350. The third-order valence-corrected chi connectivity index (χ3v) is 7.64. The molecule has 0 bridgehead atoms. The number of hydrogen-bond donors (Lipinski definition) is 1. The van der Waals surface area contributed by atoms with Crippen molar-refractivity contribution in [2.75, 3.05) is 11.5 Å². The smallest absolute Gasteiger partial charge is 0.155 e. The Balaban J connectivity index is 2.30. The topological polar surface area (TPSA) is 46.2 Å². The van der Waals surface area contributed by atoms with E-state index < -0.39 is 9.84 Å². The minimum atomic E-state index is -2.85. The van der Waals surface area contributed by atoms with E-state index in [1.165, 1.54) is 0 Å². The van der Waals surface area contributed by atoms with Crippen molar-refractivity contribution >= 4 is 21.6 Å². The molecule has 0 amide bonds. The lowest BCUT2D eigenvalue weighted by molar-refractivity contribution is 0.362. The van der Waals surface area contributed by atoms with Gasteiger partial charge in [-0.2, -0.15) is 0 Å². The Morgan fingerprint density at radius 1 is 1.43 bits per heavy atom. The zero-order chi connectivity index (χ0) is 10.6. The molecule has 2 saturated heterocycles. The van der Waals surface area contributed by atoms with Crippen LogP contribution in [0.25, 0.3) is 0 Å². The normalized spacial score (nSPS) is 44.6. The Hall–Kier alpha value is 0.260. The minimum absolute atomic E-state index is 0.0682. The fourth-order valence-electron chi connectivity index (χ4n) is 2.27. The third-order valence-electron chi connectivity index (χ3n) is 3.19. The third kappa shape index (κ3) is 1.49. The first-order valence-electron chi connectivity index (χ1n) is 4.92. The lowest BCUT2D eigenvalue weighted by Gasteiger charge is -2.30. The summed E-state index contributed by atoms with van der Waals surface area (Å²) in [5, 5.41) is 3.25. The molecule has 82 valence electrons. The Labute approximate surface area is 89.9 Å². The minimum Gasteiger partial charge on any atom is -0.296 e. The van der Waals surface area contributed by atoms with Crippen LogP contribution in [0.4, 0.5) is 0 Å². The van der Waals surface area contributed by atoms with Crippen LogP contribution in [0.1, 0.15) is 27.2 Å². The van der Waals surface area contributed by atoms with Crippen LogP contribution in [0.2, 0.25) is 0 Å². The molecule has 1 spiro atoms. The quantitative estimate of drug-likeness (QED) is 0.680. The maximum Gasteiger partial charge on any atom is 0.155 e. The standard InChI is InChI=1S/C9H17NO2S2/c1-7-9(4-5-14(7,11)12)10-8(2,3)6-13-9/h7,10H,4-6H2,1-3H3. The average molecular weight is 235 g/mol. The van der Waals surface area contributed by atoms with Gasteiger partial charge < -0.3 is 0 Å². The molecule has 2 rings (SSSR count). The first-order valence-corrected chi connectivity index (χ1v) is 7.62. The lowest BCUT2D eigenvalue weighted by Crippen LogP contribution is -2.51. The van der Waals surface area contributed by atoms with E-state index >= 15 is 0 Å². The van der Waals surface area contributed by atoms with Gasteiger partial charge >= 0.3 is 0 Å². The highest BCUT2D eigenvalue weighted by Crippen LogP contribution is 2.46. The van der Waals surface area contributed by atoms with Gasteiger partial charge in [0.1, 0.15) is 0 Å². The molecule has 2 atom stereocenters. The van der Waals surface area contributed by atoms with E-state index in [9.17, 15) is 8.42 Å². The number of sulfone groups is 1. The molecule has 0 radical (unpaired) electrons. The summed E-state index contributed by atoms with van der Waals surface area (Å²) in [5.41, 5.74) is 0.0682. The monoisotopic (exact) mass is 235 g/mol. The fraction of sp³-hybridized carbons (Fsp3) is 1.00. The molecule has 0 aromatic rings. The molecule has 0 aliphatic carbocycles. The zero-order valence-corrected chi connectivity index (χ0v) is 10.5. The van der Waals surface area contributed by atoms with Crippen LogP contribution in [-0.4, -0.2) is 35.6 Å². The van der Waals surface area contributed by atoms with Crippen molar-refractivity contribution in [3.05, 3.63) is 0 Å². The molecule has 0 aromatic heterocycles. The van der Waals surface area contributed by atoms with Gasteiger partial charge in [-0.1, -0.05) is 0 Å². The maximum absolute atomic E-state index is 11.7. The molecule has 3 nitrogen and oxygen atoms in total. The van der Waals surface area contributed by atoms with Gasteiger partial charge in [0.25, 0.3) is 0 Å². The molecule has 14 heavy (non-hydrogen) atoms. The van der Waals surface area contributed by atoms with Gasteiger partial charge in [0, 0.05) is 11.3 Å². The van der Waals surface area contributed by atoms with Crippen molar-refractivity contribution in [3.63, 3.8) is 0 Å². The summed E-state index contributed by atoms with van der Waals surface area (Å²) in [6, 6.07) is 0. The van der Waals surface area contributed by atoms with Gasteiger partial charge in [0.15, 0.2) is 9.84 Å². The van der Waals surface area contributed by atoms with Crippen LogP contribution in [0.5, 0.6) is 0 Å². The number of hydrogen-bond acceptors (Lipinski definition) is 4. The summed E-state index contributed by atoms with van der Waals surface area (Å²) < 4.78 is 23.4. The zero-order valence-electron chi connectivity index (χ0n) is 8.83. The molecule has 2 fully saturated rings.